The molecule has 2 N–H and O–H groups in total. The van der Waals surface area contributed by atoms with Crippen LogP contribution >= 0.6 is 15.9 Å². The molecule has 1 heterocycles. The highest BCUT2D eigenvalue weighted by atomic mass is 79.9. The Morgan fingerprint density at radius 2 is 2.37 bits per heavy atom. The predicted molar refractivity (Wildman–Crippen MR) is 77.6 cm³/mol. The highest BCUT2D eigenvalue weighted by Crippen LogP contribution is 2.27. The third-order valence-corrected chi connectivity index (χ3v) is 4.03. The van der Waals surface area contributed by atoms with Gasteiger partial charge in [-0.1, -0.05) is 29.3 Å². The molecule has 1 atom stereocenters. The van der Waals surface area contributed by atoms with Crippen molar-refractivity contribution in [2.24, 2.45) is 0 Å². The second kappa shape index (κ2) is 6.01. The Labute approximate surface area is 121 Å². The molecule has 1 aliphatic rings. The van der Waals surface area contributed by atoms with E-state index in [1.807, 2.05) is 0 Å². The van der Waals surface area contributed by atoms with Crippen molar-refractivity contribution in [2.45, 2.75) is 38.1 Å². The first-order chi connectivity index (χ1) is 9.07. The normalized spacial score (nSPS) is 22.5. The Morgan fingerprint density at radius 1 is 1.58 bits per heavy atom. The smallest absolute Gasteiger partial charge is 0.244 e. The summed E-state index contributed by atoms with van der Waals surface area (Å²) >= 11 is 3.20. The summed E-state index contributed by atoms with van der Waals surface area (Å²) in [5.74, 6) is -0.555. The monoisotopic (exact) mass is 328 g/mol. The van der Waals surface area contributed by atoms with Crippen LogP contribution in [-0.2, 0) is 4.79 Å². The molecule has 2 rings (SSSR count). The number of benzene rings is 1. The molecule has 1 saturated heterocycles. The van der Waals surface area contributed by atoms with Crippen LogP contribution in [0, 0.1) is 5.82 Å². The van der Waals surface area contributed by atoms with Crippen molar-refractivity contribution in [1.82, 2.24) is 5.32 Å². The molecule has 1 aromatic carbocycles. The highest BCUT2D eigenvalue weighted by Gasteiger charge is 2.40. The van der Waals surface area contributed by atoms with E-state index >= 15 is 0 Å². The number of anilines is 1. The first-order valence-corrected chi connectivity index (χ1v) is 7.38. The van der Waals surface area contributed by atoms with Crippen molar-refractivity contribution in [3.63, 3.8) is 0 Å². The minimum atomic E-state index is -0.533. The van der Waals surface area contributed by atoms with E-state index in [0.29, 0.717) is 4.47 Å². The first kappa shape index (κ1) is 14.5. The van der Waals surface area contributed by atoms with Gasteiger partial charge in [0.2, 0.25) is 5.91 Å². The maximum Gasteiger partial charge on any atom is 0.244 e. The number of hydrogen-bond acceptors (Lipinski definition) is 2. The molecule has 0 saturated carbocycles. The molecule has 0 radical (unpaired) electrons. The van der Waals surface area contributed by atoms with Crippen molar-refractivity contribution >= 4 is 27.5 Å². The van der Waals surface area contributed by atoms with Crippen molar-refractivity contribution < 1.29 is 9.18 Å². The van der Waals surface area contributed by atoms with E-state index in [1.165, 1.54) is 6.07 Å². The van der Waals surface area contributed by atoms with Gasteiger partial charge in [-0.3, -0.25) is 4.79 Å². The summed E-state index contributed by atoms with van der Waals surface area (Å²) < 4.78 is 14.4. The molecule has 0 aromatic heterocycles. The van der Waals surface area contributed by atoms with E-state index in [2.05, 4.69) is 33.5 Å². The molecule has 1 fully saturated rings. The van der Waals surface area contributed by atoms with Crippen LogP contribution in [0.3, 0.4) is 0 Å². The lowest BCUT2D eigenvalue weighted by Gasteiger charge is -2.27. The van der Waals surface area contributed by atoms with Crippen LogP contribution in [-0.4, -0.2) is 18.0 Å². The molecule has 3 nitrogen and oxygen atoms in total. The van der Waals surface area contributed by atoms with E-state index in [1.54, 1.807) is 12.1 Å². The first-order valence-electron chi connectivity index (χ1n) is 6.59. The fourth-order valence-electron chi connectivity index (χ4n) is 2.59. The maximum atomic E-state index is 13.7. The van der Waals surface area contributed by atoms with Crippen molar-refractivity contribution in [1.29, 1.82) is 0 Å². The zero-order chi connectivity index (χ0) is 13.9. The van der Waals surface area contributed by atoms with Crippen LogP contribution in [0.15, 0.2) is 22.7 Å². The number of hydrogen-bond donors (Lipinski definition) is 2. The van der Waals surface area contributed by atoms with Gasteiger partial charge in [-0.25, -0.2) is 4.39 Å². The minimum Gasteiger partial charge on any atom is -0.322 e. The van der Waals surface area contributed by atoms with Gasteiger partial charge in [-0.15, -0.1) is 0 Å². The van der Waals surface area contributed by atoms with E-state index in [-0.39, 0.29) is 11.6 Å². The number of carbonyl (C=O) groups excluding carboxylic acids is 1. The molecular weight excluding hydrogens is 311 g/mol. The van der Waals surface area contributed by atoms with Crippen LogP contribution < -0.4 is 10.6 Å². The molecule has 1 unspecified atom stereocenters. The van der Waals surface area contributed by atoms with Gasteiger partial charge in [0.25, 0.3) is 0 Å². The van der Waals surface area contributed by atoms with E-state index in [4.69, 9.17) is 0 Å². The van der Waals surface area contributed by atoms with Gasteiger partial charge in [-0.2, -0.15) is 0 Å². The minimum absolute atomic E-state index is 0.131. The molecule has 5 heteroatoms. The average Bonchev–Trinajstić information content (AvgIpc) is 2.83. The topological polar surface area (TPSA) is 41.1 Å². The second-order valence-corrected chi connectivity index (χ2v) is 5.86. The van der Waals surface area contributed by atoms with E-state index < -0.39 is 11.4 Å². The number of carbonyl (C=O) groups is 1. The van der Waals surface area contributed by atoms with Gasteiger partial charge in [0, 0.05) is 4.47 Å². The van der Waals surface area contributed by atoms with Gasteiger partial charge in [0.1, 0.15) is 5.82 Å². The fraction of sp³-hybridized carbons (Fsp3) is 0.500. The summed E-state index contributed by atoms with van der Waals surface area (Å²) in [6.45, 7) is 2.89. The Balaban J connectivity index is 2.15. The molecule has 0 bridgehead atoms. The molecule has 1 aliphatic heterocycles. The second-order valence-electron chi connectivity index (χ2n) is 4.94. The maximum absolute atomic E-state index is 13.7. The lowest BCUT2D eigenvalue weighted by Crippen LogP contribution is -2.50. The Morgan fingerprint density at radius 3 is 2.95 bits per heavy atom. The van der Waals surface area contributed by atoms with Crippen molar-refractivity contribution in [3.8, 4) is 0 Å². The SMILES string of the molecule is CCCC1(C(=O)Nc2ccc(Br)cc2F)CCCN1. The third kappa shape index (κ3) is 3.15. The van der Waals surface area contributed by atoms with Crippen LogP contribution in [0.1, 0.15) is 32.6 Å². The Hall–Kier alpha value is -0.940. The standard InChI is InChI=1S/C14H18BrFN2O/c1-2-6-14(7-3-8-17-14)13(19)18-12-5-4-10(15)9-11(12)16/h4-5,9,17H,2-3,6-8H2,1H3,(H,18,19). The zero-order valence-electron chi connectivity index (χ0n) is 10.9. The van der Waals surface area contributed by atoms with E-state index in [9.17, 15) is 9.18 Å². The molecule has 0 spiro atoms. The van der Waals surface area contributed by atoms with Gasteiger partial charge in [0.15, 0.2) is 0 Å². The molecule has 0 aliphatic carbocycles. The van der Waals surface area contributed by atoms with Gasteiger partial charge in [-0.05, 0) is 44.0 Å². The van der Waals surface area contributed by atoms with Gasteiger partial charge >= 0.3 is 0 Å². The summed E-state index contributed by atoms with van der Waals surface area (Å²) in [6, 6.07) is 4.64. The molecule has 1 amide bonds. The number of halogens is 2. The molecule has 104 valence electrons. The predicted octanol–water partition coefficient (Wildman–Crippen LogP) is 3.45. The Bertz CT molecular complexity index is 473. The highest BCUT2D eigenvalue weighted by molar-refractivity contribution is 9.10. The number of nitrogens with one attached hydrogen (secondary N) is 2. The fourth-order valence-corrected chi connectivity index (χ4v) is 2.92. The van der Waals surface area contributed by atoms with Crippen LogP contribution in [0.4, 0.5) is 10.1 Å². The van der Waals surface area contributed by atoms with Gasteiger partial charge < -0.3 is 10.6 Å². The van der Waals surface area contributed by atoms with Crippen LogP contribution in [0.5, 0.6) is 0 Å². The van der Waals surface area contributed by atoms with Crippen LogP contribution in [0.2, 0.25) is 0 Å². The molecule has 19 heavy (non-hydrogen) atoms. The summed E-state index contributed by atoms with van der Waals surface area (Å²) in [5, 5.41) is 5.99. The number of rotatable bonds is 4. The molecule has 1 aromatic rings. The largest absolute Gasteiger partial charge is 0.322 e. The summed E-state index contributed by atoms with van der Waals surface area (Å²) in [5.41, 5.74) is -0.300. The van der Waals surface area contributed by atoms with Crippen molar-refractivity contribution in [3.05, 3.63) is 28.5 Å². The lowest BCUT2D eigenvalue weighted by molar-refractivity contribution is -0.122. The summed E-state index contributed by atoms with van der Waals surface area (Å²) in [7, 11) is 0. The summed E-state index contributed by atoms with van der Waals surface area (Å²) in [6.07, 6.45) is 3.49. The quantitative estimate of drug-likeness (QED) is 0.888. The van der Waals surface area contributed by atoms with E-state index in [0.717, 1.165) is 32.2 Å². The zero-order valence-corrected chi connectivity index (χ0v) is 12.5. The molecular formula is C14H18BrFN2O. The number of amides is 1. The third-order valence-electron chi connectivity index (χ3n) is 3.53. The Kier molecular flexibility index (Phi) is 4.58. The average molecular weight is 329 g/mol. The van der Waals surface area contributed by atoms with Crippen LogP contribution in [0.25, 0.3) is 0 Å². The summed E-state index contributed by atoms with van der Waals surface area (Å²) in [4.78, 5) is 12.4. The van der Waals surface area contributed by atoms with Gasteiger partial charge in [0.05, 0.1) is 11.2 Å². The lowest BCUT2D eigenvalue weighted by atomic mass is 9.91. The van der Waals surface area contributed by atoms with Crippen molar-refractivity contribution in [2.75, 3.05) is 11.9 Å².